The largest absolute Gasteiger partial charge is 0.481 e. The van der Waals surface area contributed by atoms with Crippen molar-refractivity contribution in [1.82, 2.24) is 9.97 Å². The minimum atomic E-state index is -3.99. The van der Waals surface area contributed by atoms with Gasteiger partial charge in [-0.05, 0) is 48.5 Å². The molecule has 0 radical (unpaired) electrons. The monoisotopic (exact) mass is 535 g/mol. The van der Waals surface area contributed by atoms with Gasteiger partial charge in [0.15, 0.2) is 5.82 Å². The van der Waals surface area contributed by atoms with Crippen molar-refractivity contribution in [2.24, 2.45) is 0 Å². The Kier molecular flexibility index (Phi) is 6.59. The Labute approximate surface area is 217 Å². The van der Waals surface area contributed by atoms with E-state index in [4.69, 9.17) is 9.47 Å². The Bertz CT molecular complexity index is 1510. The SMILES string of the molecule is COc1cc(NS(=O)(=O)c2ccc(NC(=O)N3c4ccccc4Sc4ccccc43)cc2)nc(OC)n1. The summed E-state index contributed by atoms with van der Waals surface area (Å²) in [6, 6.07) is 22.0. The van der Waals surface area contributed by atoms with Gasteiger partial charge in [0.05, 0.1) is 30.5 Å². The lowest BCUT2D eigenvalue weighted by atomic mass is 10.2. The van der Waals surface area contributed by atoms with E-state index in [1.54, 1.807) is 16.7 Å². The molecule has 37 heavy (non-hydrogen) atoms. The number of rotatable bonds is 6. The van der Waals surface area contributed by atoms with Gasteiger partial charge in [0.1, 0.15) is 0 Å². The van der Waals surface area contributed by atoms with Gasteiger partial charge in [0.25, 0.3) is 10.0 Å². The molecule has 5 rings (SSSR count). The van der Waals surface area contributed by atoms with E-state index >= 15 is 0 Å². The minimum absolute atomic E-state index is 0.0126. The van der Waals surface area contributed by atoms with Crippen molar-refractivity contribution in [2.45, 2.75) is 14.7 Å². The zero-order valence-corrected chi connectivity index (χ0v) is 21.3. The Hall–Kier alpha value is -4.29. The topological polar surface area (TPSA) is 123 Å². The van der Waals surface area contributed by atoms with E-state index in [2.05, 4.69) is 20.0 Å². The summed E-state index contributed by atoms with van der Waals surface area (Å²) in [7, 11) is -1.23. The van der Waals surface area contributed by atoms with Crippen molar-refractivity contribution in [1.29, 1.82) is 0 Å². The Morgan fingerprint density at radius 3 is 2.08 bits per heavy atom. The molecular weight excluding hydrogens is 514 g/mol. The molecule has 0 aliphatic carbocycles. The number of methoxy groups -OCH3 is 2. The zero-order valence-electron chi connectivity index (χ0n) is 19.7. The first-order chi connectivity index (χ1) is 17.9. The fourth-order valence-electron chi connectivity index (χ4n) is 3.67. The summed E-state index contributed by atoms with van der Waals surface area (Å²) >= 11 is 1.60. The third-order valence-electron chi connectivity index (χ3n) is 5.36. The van der Waals surface area contributed by atoms with E-state index in [-0.39, 0.29) is 28.6 Å². The first-order valence-electron chi connectivity index (χ1n) is 10.9. The molecule has 2 heterocycles. The Balaban J connectivity index is 1.36. The maximum absolute atomic E-state index is 13.4. The first kappa shape index (κ1) is 24.4. The van der Waals surface area contributed by atoms with Gasteiger partial charge >= 0.3 is 12.0 Å². The number of benzene rings is 3. The second-order valence-corrected chi connectivity index (χ2v) is 10.5. The Morgan fingerprint density at radius 1 is 0.865 bits per heavy atom. The van der Waals surface area contributed by atoms with Gasteiger partial charge in [-0.3, -0.25) is 9.62 Å². The van der Waals surface area contributed by atoms with E-state index < -0.39 is 10.0 Å². The van der Waals surface area contributed by atoms with E-state index in [0.29, 0.717) is 5.69 Å². The molecule has 0 saturated heterocycles. The number of carbonyl (C=O) groups excluding carboxylic acids is 1. The number of urea groups is 1. The summed E-state index contributed by atoms with van der Waals surface area (Å²) in [5, 5.41) is 2.86. The number of hydrogen-bond acceptors (Lipinski definition) is 8. The van der Waals surface area contributed by atoms with Gasteiger partial charge in [0.2, 0.25) is 5.88 Å². The van der Waals surface area contributed by atoms with Crippen molar-refractivity contribution in [2.75, 3.05) is 29.2 Å². The van der Waals surface area contributed by atoms with Crippen LogP contribution in [0.15, 0.2) is 93.5 Å². The molecule has 1 aliphatic rings. The average molecular weight is 536 g/mol. The molecule has 4 aromatic rings. The van der Waals surface area contributed by atoms with Crippen molar-refractivity contribution in [3.63, 3.8) is 0 Å². The number of aromatic nitrogens is 2. The van der Waals surface area contributed by atoms with Gasteiger partial charge in [-0.2, -0.15) is 9.97 Å². The van der Waals surface area contributed by atoms with Gasteiger partial charge in [-0.1, -0.05) is 36.0 Å². The normalized spacial score (nSPS) is 12.2. The highest BCUT2D eigenvalue weighted by Gasteiger charge is 2.28. The Morgan fingerprint density at radius 2 is 1.49 bits per heavy atom. The number of anilines is 4. The maximum Gasteiger partial charge on any atom is 0.331 e. The molecule has 2 N–H and O–H groups in total. The highest BCUT2D eigenvalue weighted by atomic mass is 32.2. The molecule has 0 fully saturated rings. The maximum atomic E-state index is 13.4. The lowest BCUT2D eigenvalue weighted by Gasteiger charge is -2.31. The molecule has 188 valence electrons. The third-order valence-corrected chi connectivity index (χ3v) is 7.86. The molecule has 0 saturated carbocycles. The number of hydrogen-bond donors (Lipinski definition) is 2. The van der Waals surface area contributed by atoms with Crippen LogP contribution in [0.3, 0.4) is 0 Å². The lowest BCUT2D eigenvalue weighted by molar-refractivity contribution is 0.259. The van der Waals surface area contributed by atoms with Gasteiger partial charge < -0.3 is 14.8 Å². The van der Waals surface area contributed by atoms with Crippen LogP contribution in [0, 0.1) is 0 Å². The fraction of sp³-hybridized carbons (Fsp3) is 0.0800. The van der Waals surface area contributed by atoms with Gasteiger partial charge in [-0.25, -0.2) is 13.2 Å². The number of nitrogens with zero attached hydrogens (tertiary/aromatic N) is 3. The van der Waals surface area contributed by atoms with E-state index in [9.17, 15) is 13.2 Å². The molecule has 1 aromatic heterocycles. The number of para-hydroxylation sites is 2. The van der Waals surface area contributed by atoms with E-state index in [1.165, 1.54) is 44.6 Å². The highest BCUT2D eigenvalue weighted by Crippen LogP contribution is 2.48. The van der Waals surface area contributed by atoms with Crippen LogP contribution in [0.2, 0.25) is 0 Å². The molecule has 3 aromatic carbocycles. The van der Waals surface area contributed by atoms with Crippen LogP contribution >= 0.6 is 11.8 Å². The molecule has 0 bridgehead atoms. The smallest absolute Gasteiger partial charge is 0.331 e. The predicted octanol–water partition coefficient (Wildman–Crippen LogP) is 5.13. The lowest BCUT2D eigenvalue weighted by Crippen LogP contribution is -2.32. The van der Waals surface area contributed by atoms with Gasteiger partial charge in [-0.15, -0.1) is 0 Å². The van der Waals surface area contributed by atoms with Crippen LogP contribution in [-0.2, 0) is 10.0 Å². The summed E-state index contributed by atoms with van der Waals surface area (Å²) in [6.07, 6.45) is 0. The summed E-state index contributed by atoms with van der Waals surface area (Å²) in [5.74, 6) is 0.128. The molecule has 2 amide bonds. The summed E-state index contributed by atoms with van der Waals surface area (Å²) < 4.78 is 38.2. The molecule has 0 unspecified atom stereocenters. The molecular formula is C25H21N5O5S2. The van der Waals surface area contributed by atoms with Crippen LogP contribution in [0.1, 0.15) is 0 Å². The molecule has 1 aliphatic heterocycles. The fourth-order valence-corrected chi connectivity index (χ4v) is 5.72. The number of carbonyl (C=O) groups is 1. The van der Waals surface area contributed by atoms with Crippen molar-refractivity contribution in [3.05, 3.63) is 78.9 Å². The number of sulfonamides is 1. The average Bonchev–Trinajstić information content (AvgIpc) is 2.91. The van der Waals surface area contributed by atoms with Crippen LogP contribution in [0.5, 0.6) is 11.9 Å². The summed E-state index contributed by atoms with van der Waals surface area (Å²) in [5.41, 5.74) is 1.97. The minimum Gasteiger partial charge on any atom is -0.481 e. The highest BCUT2D eigenvalue weighted by molar-refractivity contribution is 7.99. The molecule has 0 atom stereocenters. The number of amides is 2. The van der Waals surface area contributed by atoms with Crippen LogP contribution < -0.4 is 24.4 Å². The van der Waals surface area contributed by atoms with Crippen LogP contribution in [0.25, 0.3) is 0 Å². The van der Waals surface area contributed by atoms with Crippen molar-refractivity contribution >= 4 is 50.7 Å². The second kappa shape index (κ2) is 9.99. The van der Waals surface area contributed by atoms with Gasteiger partial charge in [0, 0.05) is 21.5 Å². The summed E-state index contributed by atoms with van der Waals surface area (Å²) in [6.45, 7) is 0. The second-order valence-electron chi connectivity index (χ2n) is 7.72. The zero-order chi connectivity index (χ0) is 26.0. The number of ether oxygens (including phenoxy) is 2. The quantitative estimate of drug-likeness (QED) is 0.348. The van der Waals surface area contributed by atoms with E-state index in [0.717, 1.165) is 21.2 Å². The van der Waals surface area contributed by atoms with Crippen LogP contribution in [-0.4, -0.2) is 38.6 Å². The third kappa shape index (κ3) is 5.01. The van der Waals surface area contributed by atoms with E-state index in [1.807, 2.05) is 48.5 Å². The number of fused-ring (bicyclic) bond motifs is 2. The molecule has 12 heteroatoms. The first-order valence-corrected chi connectivity index (χ1v) is 13.2. The standard InChI is InChI=1S/C25H21N5O5S2/c1-34-23-15-22(27-24(28-23)35-2)29-37(32,33)17-13-11-16(12-14-17)26-25(31)30-18-7-3-5-9-20(18)36-21-10-6-4-8-19(21)30/h3-15H,1-2H3,(H,26,31)(H,27,28,29). The predicted molar refractivity (Wildman–Crippen MR) is 141 cm³/mol. The molecule has 0 spiro atoms. The van der Waals surface area contributed by atoms with Crippen molar-refractivity contribution < 1.29 is 22.7 Å². The summed E-state index contributed by atoms with van der Waals surface area (Å²) in [4.78, 5) is 24.8. The van der Waals surface area contributed by atoms with Crippen LogP contribution in [0.4, 0.5) is 27.7 Å². The molecule has 10 nitrogen and oxygen atoms in total. The van der Waals surface area contributed by atoms with Crippen molar-refractivity contribution in [3.8, 4) is 11.9 Å². The number of nitrogens with one attached hydrogen (secondary N) is 2.